The Morgan fingerprint density at radius 1 is 1.33 bits per heavy atom. The summed E-state index contributed by atoms with van der Waals surface area (Å²) in [7, 11) is 0. The molecular formula is C15H19NO2. The minimum Gasteiger partial charge on any atom is -0.335 e. The van der Waals surface area contributed by atoms with Crippen molar-refractivity contribution in [1.29, 1.82) is 0 Å². The lowest BCUT2D eigenvalue weighted by Gasteiger charge is -2.15. The summed E-state index contributed by atoms with van der Waals surface area (Å²) >= 11 is 0. The van der Waals surface area contributed by atoms with Gasteiger partial charge in [-0.05, 0) is 12.8 Å². The van der Waals surface area contributed by atoms with Crippen LogP contribution in [-0.2, 0) is 4.79 Å². The zero-order chi connectivity index (χ0) is 13.1. The highest BCUT2D eigenvalue weighted by Gasteiger charge is 2.29. The number of likely N-dealkylation sites (tertiary alicyclic amines) is 1. The molecule has 0 aromatic heterocycles. The molecule has 1 aromatic carbocycles. The number of rotatable bonds is 4. The van der Waals surface area contributed by atoms with Gasteiger partial charge < -0.3 is 4.90 Å². The molecule has 18 heavy (non-hydrogen) atoms. The van der Waals surface area contributed by atoms with E-state index in [1.165, 1.54) is 0 Å². The van der Waals surface area contributed by atoms with Gasteiger partial charge in [0.25, 0.3) is 0 Å². The van der Waals surface area contributed by atoms with Crippen LogP contribution in [0, 0.1) is 12.8 Å². The number of hydrogen-bond donors (Lipinski definition) is 0. The van der Waals surface area contributed by atoms with Gasteiger partial charge in [0.1, 0.15) is 0 Å². The SMILES string of the molecule is CCC1CC(=O)N(CC(=O)c2ccc(C)cc2)C1. The van der Waals surface area contributed by atoms with Gasteiger partial charge in [-0.25, -0.2) is 0 Å². The summed E-state index contributed by atoms with van der Waals surface area (Å²) in [5, 5.41) is 0. The van der Waals surface area contributed by atoms with E-state index in [9.17, 15) is 9.59 Å². The summed E-state index contributed by atoms with van der Waals surface area (Å²) in [6, 6.07) is 7.51. The molecule has 0 bridgehead atoms. The third kappa shape index (κ3) is 2.78. The highest BCUT2D eigenvalue weighted by atomic mass is 16.2. The number of benzene rings is 1. The van der Waals surface area contributed by atoms with Crippen LogP contribution in [0.5, 0.6) is 0 Å². The third-order valence-electron chi connectivity index (χ3n) is 3.58. The summed E-state index contributed by atoms with van der Waals surface area (Å²) in [6.45, 7) is 5.03. The van der Waals surface area contributed by atoms with Crippen molar-refractivity contribution < 1.29 is 9.59 Å². The van der Waals surface area contributed by atoms with Crippen molar-refractivity contribution in [1.82, 2.24) is 4.90 Å². The molecule has 96 valence electrons. The molecule has 1 atom stereocenters. The fraction of sp³-hybridized carbons (Fsp3) is 0.467. The second kappa shape index (κ2) is 5.34. The molecule has 0 radical (unpaired) electrons. The topological polar surface area (TPSA) is 37.4 Å². The summed E-state index contributed by atoms with van der Waals surface area (Å²) < 4.78 is 0. The van der Waals surface area contributed by atoms with Crippen molar-refractivity contribution in [3.63, 3.8) is 0 Å². The van der Waals surface area contributed by atoms with Crippen molar-refractivity contribution in [3.8, 4) is 0 Å². The van der Waals surface area contributed by atoms with E-state index in [0.717, 1.165) is 18.5 Å². The van der Waals surface area contributed by atoms with Gasteiger partial charge in [-0.1, -0.05) is 43.2 Å². The number of aryl methyl sites for hydroxylation is 1. The molecule has 0 saturated carbocycles. The molecule has 3 nitrogen and oxygen atoms in total. The van der Waals surface area contributed by atoms with Gasteiger partial charge >= 0.3 is 0 Å². The Bertz CT molecular complexity index is 450. The lowest BCUT2D eigenvalue weighted by Crippen LogP contribution is -2.31. The molecule has 3 heteroatoms. The zero-order valence-corrected chi connectivity index (χ0v) is 11.0. The Morgan fingerprint density at radius 2 is 2.00 bits per heavy atom. The van der Waals surface area contributed by atoms with Crippen LogP contribution < -0.4 is 0 Å². The number of ketones is 1. The quantitative estimate of drug-likeness (QED) is 0.764. The van der Waals surface area contributed by atoms with Gasteiger partial charge in [0.15, 0.2) is 5.78 Å². The maximum absolute atomic E-state index is 12.1. The van der Waals surface area contributed by atoms with E-state index in [0.29, 0.717) is 17.9 Å². The first-order valence-corrected chi connectivity index (χ1v) is 6.47. The molecule has 0 spiro atoms. The maximum Gasteiger partial charge on any atom is 0.223 e. The first kappa shape index (κ1) is 12.8. The molecule has 1 unspecified atom stereocenters. The minimum atomic E-state index is 0.0279. The monoisotopic (exact) mass is 245 g/mol. The van der Waals surface area contributed by atoms with E-state index < -0.39 is 0 Å². The molecular weight excluding hydrogens is 226 g/mol. The predicted octanol–water partition coefficient (Wildman–Crippen LogP) is 2.44. The second-order valence-corrected chi connectivity index (χ2v) is 5.04. The number of amides is 1. The standard InChI is InChI=1S/C15H19NO2/c1-3-12-8-15(18)16(9-12)10-14(17)13-6-4-11(2)5-7-13/h4-7,12H,3,8-10H2,1-2H3. The van der Waals surface area contributed by atoms with E-state index in [-0.39, 0.29) is 18.2 Å². The Labute approximate surface area is 108 Å². The summed E-state index contributed by atoms with van der Waals surface area (Å²) in [5.41, 5.74) is 1.82. The normalized spacial score (nSPS) is 19.3. The van der Waals surface area contributed by atoms with Gasteiger partial charge in [-0.15, -0.1) is 0 Å². The molecule has 2 rings (SSSR count). The lowest BCUT2D eigenvalue weighted by molar-refractivity contribution is -0.127. The van der Waals surface area contributed by atoms with Gasteiger partial charge in [0.05, 0.1) is 6.54 Å². The van der Waals surface area contributed by atoms with Crippen LogP contribution in [0.25, 0.3) is 0 Å². The first-order chi connectivity index (χ1) is 8.60. The van der Waals surface area contributed by atoms with Gasteiger partial charge in [0.2, 0.25) is 5.91 Å². The van der Waals surface area contributed by atoms with Crippen molar-refractivity contribution >= 4 is 11.7 Å². The van der Waals surface area contributed by atoms with E-state index in [4.69, 9.17) is 0 Å². The second-order valence-electron chi connectivity index (χ2n) is 5.04. The number of carbonyl (C=O) groups excluding carboxylic acids is 2. The van der Waals surface area contributed by atoms with Crippen LogP contribution in [0.2, 0.25) is 0 Å². The van der Waals surface area contributed by atoms with E-state index in [1.54, 1.807) is 4.90 Å². The number of carbonyl (C=O) groups is 2. The number of hydrogen-bond acceptors (Lipinski definition) is 2. The van der Waals surface area contributed by atoms with Crippen LogP contribution in [0.15, 0.2) is 24.3 Å². The number of Topliss-reactive ketones (excluding diaryl/α,β-unsaturated/α-hetero) is 1. The van der Waals surface area contributed by atoms with Gasteiger partial charge in [-0.3, -0.25) is 9.59 Å². The molecule has 1 aliphatic heterocycles. The van der Waals surface area contributed by atoms with E-state index >= 15 is 0 Å². The third-order valence-corrected chi connectivity index (χ3v) is 3.58. The van der Waals surface area contributed by atoms with Crippen LogP contribution >= 0.6 is 0 Å². The average molecular weight is 245 g/mol. The average Bonchev–Trinajstić information content (AvgIpc) is 2.71. The van der Waals surface area contributed by atoms with E-state index in [2.05, 4.69) is 6.92 Å². The Hall–Kier alpha value is -1.64. The van der Waals surface area contributed by atoms with E-state index in [1.807, 2.05) is 31.2 Å². The molecule has 1 aromatic rings. The Balaban J connectivity index is 1.99. The van der Waals surface area contributed by atoms with Crippen LogP contribution in [0.4, 0.5) is 0 Å². The molecule has 0 aliphatic carbocycles. The number of nitrogens with zero attached hydrogens (tertiary/aromatic N) is 1. The minimum absolute atomic E-state index is 0.0279. The molecule has 1 aliphatic rings. The summed E-state index contributed by atoms with van der Waals surface area (Å²) in [6.07, 6.45) is 1.60. The largest absolute Gasteiger partial charge is 0.335 e. The van der Waals surface area contributed by atoms with Gasteiger partial charge in [-0.2, -0.15) is 0 Å². The van der Waals surface area contributed by atoms with Crippen molar-refractivity contribution in [2.75, 3.05) is 13.1 Å². The van der Waals surface area contributed by atoms with Crippen LogP contribution in [0.3, 0.4) is 0 Å². The fourth-order valence-electron chi connectivity index (χ4n) is 2.28. The first-order valence-electron chi connectivity index (χ1n) is 6.47. The molecule has 1 fully saturated rings. The van der Waals surface area contributed by atoms with Crippen molar-refractivity contribution in [2.45, 2.75) is 26.7 Å². The predicted molar refractivity (Wildman–Crippen MR) is 70.5 cm³/mol. The summed E-state index contributed by atoms with van der Waals surface area (Å²) in [5.74, 6) is 0.561. The Kier molecular flexibility index (Phi) is 3.80. The molecule has 0 N–H and O–H groups in total. The van der Waals surface area contributed by atoms with Crippen molar-refractivity contribution in [3.05, 3.63) is 35.4 Å². The Morgan fingerprint density at radius 3 is 2.56 bits per heavy atom. The zero-order valence-electron chi connectivity index (χ0n) is 11.0. The molecule has 1 heterocycles. The highest BCUT2D eigenvalue weighted by molar-refractivity contribution is 5.99. The maximum atomic E-state index is 12.1. The summed E-state index contributed by atoms with van der Waals surface area (Å²) in [4.78, 5) is 25.5. The molecule has 1 saturated heterocycles. The van der Waals surface area contributed by atoms with Crippen LogP contribution in [0.1, 0.15) is 35.7 Å². The highest BCUT2D eigenvalue weighted by Crippen LogP contribution is 2.20. The lowest BCUT2D eigenvalue weighted by atomic mass is 10.1. The smallest absolute Gasteiger partial charge is 0.223 e. The molecule has 1 amide bonds. The van der Waals surface area contributed by atoms with Crippen molar-refractivity contribution in [2.24, 2.45) is 5.92 Å². The van der Waals surface area contributed by atoms with Crippen LogP contribution in [-0.4, -0.2) is 29.7 Å². The van der Waals surface area contributed by atoms with Gasteiger partial charge in [0, 0.05) is 18.5 Å². The fourth-order valence-corrected chi connectivity index (χ4v) is 2.28.